The molecule has 1 N–H and O–H groups in total. The van der Waals surface area contributed by atoms with Crippen molar-refractivity contribution in [2.24, 2.45) is 0 Å². The fourth-order valence-corrected chi connectivity index (χ4v) is 3.08. The van der Waals surface area contributed by atoms with Crippen LogP contribution in [0.3, 0.4) is 0 Å². The summed E-state index contributed by atoms with van der Waals surface area (Å²) < 4.78 is 34.2. The Labute approximate surface area is 148 Å². The van der Waals surface area contributed by atoms with Crippen molar-refractivity contribution < 1.29 is 17.9 Å². The van der Waals surface area contributed by atoms with Gasteiger partial charge in [-0.1, -0.05) is 6.07 Å². The highest BCUT2D eigenvalue weighted by molar-refractivity contribution is 7.92. The number of rotatable bonds is 6. The number of sulfone groups is 1. The molecule has 0 atom stereocenters. The molecule has 25 heavy (non-hydrogen) atoms. The Bertz CT molecular complexity index is 828. The zero-order valence-corrected chi connectivity index (χ0v) is 15.8. The van der Waals surface area contributed by atoms with Crippen molar-refractivity contribution in [2.45, 2.75) is 37.1 Å². The molecule has 7 nitrogen and oxygen atoms in total. The summed E-state index contributed by atoms with van der Waals surface area (Å²) in [6.07, 6.45) is 0. The van der Waals surface area contributed by atoms with E-state index >= 15 is 0 Å². The van der Waals surface area contributed by atoms with Gasteiger partial charge in [-0.3, -0.25) is 0 Å². The van der Waals surface area contributed by atoms with Crippen LogP contribution in [0.5, 0.6) is 11.5 Å². The van der Waals surface area contributed by atoms with Crippen LogP contribution in [0.25, 0.3) is 0 Å². The largest absolute Gasteiger partial charge is 0.493 e. The lowest BCUT2D eigenvalue weighted by molar-refractivity contribution is 0.354. The van der Waals surface area contributed by atoms with Gasteiger partial charge in [-0.2, -0.15) is 0 Å². The molecule has 1 aromatic carbocycles. The highest BCUT2D eigenvalue weighted by atomic mass is 32.2. The molecular formula is C17H23N3O4S. The molecule has 1 heterocycles. The smallest absolute Gasteiger partial charge is 0.202 e. The molecule has 2 aromatic rings. The van der Waals surface area contributed by atoms with Crippen LogP contribution in [0.15, 0.2) is 35.4 Å². The van der Waals surface area contributed by atoms with E-state index in [9.17, 15) is 8.42 Å². The summed E-state index contributed by atoms with van der Waals surface area (Å²) in [6, 6.07) is 8.65. The van der Waals surface area contributed by atoms with Crippen molar-refractivity contribution in [2.75, 3.05) is 19.5 Å². The second-order valence-corrected chi connectivity index (χ2v) is 9.07. The van der Waals surface area contributed by atoms with Crippen LogP contribution in [0.2, 0.25) is 0 Å². The summed E-state index contributed by atoms with van der Waals surface area (Å²) in [7, 11) is -0.349. The van der Waals surface area contributed by atoms with Gasteiger partial charge in [0.05, 0.1) is 19.0 Å². The first-order valence-corrected chi connectivity index (χ1v) is 9.20. The number of methoxy groups -OCH3 is 2. The van der Waals surface area contributed by atoms with E-state index in [1.807, 2.05) is 18.2 Å². The monoisotopic (exact) mass is 365 g/mol. The van der Waals surface area contributed by atoms with Crippen LogP contribution < -0.4 is 14.8 Å². The summed E-state index contributed by atoms with van der Waals surface area (Å²) in [5.41, 5.74) is 0.964. The molecular weight excluding hydrogens is 342 g/mol. The minimum atomic E-state index is -3.51. The normalized spacial score (nSPS) is 11.9. The number of nitrogens with one attached hydrogen (secondary N) is 1. The highest BCUT2D eigenvalue weighted by Crippen LogP contribution is 2.28. The fraction of sp³-hybridized carbons (Fsp3) is 0.412. The van der Waals surface area contributed by atoms with Gasteiger partial charge < -0.3 is 14.8 Å². The van der Waals surface area contributed by atoms with Crippen LogP contribution in [-0.4, -0.2) is 37.6 Å². The van der Waals surface area contributed by atoms with Gasteiger partial charge >= 0.3 is 0 Å². The van der Waals surface area contributed by atoms with E-state index in [1.54, 1.807) is 41.1 Å². The number of benzene rings is 1. The van der Waals surface area contributed by atoms with Crippen molar-refractivity contribution in [3.8, 4) is 11.5 Å². The van der Waals surface area contributed by atoms with Crippen LogP contribution >= 0.6 is 0 Å². The molecule has 0 bridgehead atoms. The highest BCUT2D eigenvalue weighted by Gasteiger charge is 2.32. The van der Waals surface area contributed by atoms with Crippen molar-refractivity contribution >= 4 is 15.7 Å². The average Bonchev–Trinajstić information content (AvgIpc) is 2.59. The third-order valence-corrected chi connectivity index (χ3v) is 6.02. The van der Waals surface area contributed by atoms with Gasteiger partial charge in [-0.15, -0.1) is 10.2 Å². The molecule has 0 aliphatic rings. The molecule has 2 rings (SSSR count). The first-order chi connectivity index (χ1) is 11.7. The molecule has 0 unspecified atom stereocenters. The maximum absolute atomic E-state index is 12.3. The fourth-order valence-electron chi connectivity index (χ4n) is 2.05. The third kappa shape index (κ3) is 4.19. The predicted molar refractivity (Wildman–Crippen MR) is 95.8 cm³/mol. The van der Waals surface area contributed by atoms with E-state index < -0.39 is 14.6 Å². The number of anilines is 1. The van der Waals surface area contributed by atoms with Gasteiger partial charge in [-0.05, 0) is 50.6 Å². The van der Waals surface area contributed by atoms with E-state index in [-0.39, 0.29) is 5.03 Å². The van der Waals surface area contributed by atoms with Crippen LogP contribution in [0.4, 0.5) is 5.82 Å². The zero-order valence-electron chi connectivity index (χ0n) is 15.0. The number of hydrogen-bond acceptors (Lipinski definition) is 7. The van der Waals surface area contributed by atoms with Crippen LogP contribution in [-0.2, 0) is 16.4 Å². The third-order valence-electron chi connectivity index (χ3n) is 3.64. The van der Waals surface area contributed by atoms with Crippen LogP contribution in [0, 0.1) is 0 Å². The van der Waals surface area contributed by atoms with Crippen molar-refractivity contribution in [1.29, 1.82) is 0 Å². The van der Waals surface area contributed by atoms with Gasteiger partial charge in [0.1, 0.15) is 5.82 Å². The standard InChI is InChI=1S/C17H23N3O4S/c1-17(2,3)25(21,22)16-9-8-15(19-20-16)18-11-12-6-7-13(23-4)14(10-12)24-5/h6-10H,11H2,1-5H3,(H,18,19). The van der Waals surface area contributed by atoms with Crippen molar-refractivity contribution in [3.05, 3.63) is 35.9 Å². The number of ether oxygens (including phenoxy) is 2. The van der Waals surface area contributed by atoms with Crippen molar-refractivity contribution in [3.63, 3.8) is 0 Å². The van der Waals surface area contributed by atoms with Gasteiger partial charge in [-0.25, -0.2) is 8.42 Å². The van der Waals surface area contributed by atoms with E-state index in [2.05, 4.69) is 15.5 Å². The quantitative estimate of drug-likeness (QED) is 0.841. The second-order valence-electron chi connectivity index (χ2n) is 6.42. The second kappa shape index (κ2) is 7.26. The Morgan fingerprint density at radius 2 is 1.68 bits per heavy atom. The molecule has 0 spiro atoms. The molecule has 0 radical (unpaired) electrons. The first-order valence-electron chi connectivity index (χ1n) is 7.72. The Balaban J connectivity index is 2.10. The molecule has 0 saturated carbocycles. The molecule has 0 amide bonds. The van der Waals surface area contributed by atoms with E-state index in [0.717, 1.165) is 5.56 Å². The maximum atomic E-state index is 12.3. The molecule has 1 aromatic heterocycles. The first kappa shape index (κ1) is 19.0. The van der Waals surface area contributed by atoms with Gasteiger partial charge in [0.25, 0.3) is 0 Å². The van der Waals surface area contributed by atoms with E-state index in [1.165, 1.54) is 6.07 Å². The Hall–Kier alpha value is -2.35. The van der Waals surface area contributed by atoms with Gasteiger partial charge in [0.15, 0.2) is 16.5 Å². The lowest BCUT2D eigenvalue weighted by Crippen LogP contribution is -2.28. The molecule has 0 aliphatic carbocycles. The maximum Gasteiger partial charge on any atom is 0.202 e. The number of nitrogens with zero attached hydrogens (tertiary/aromatic N) is 2. The molecule has 8 heteroatoms. The summed E-state index contributed by atoms with van der Waals surface area (Å²) in [6.45, 7) is 5.38. The van der Waals surface area contributed by atoms with Gasteiger partial charge in [0, 0.05) is 6.54 Å². The Morgan fingerprint density at radius 1 is 1.00 bits per heavy atom. The Morgan fingerprint density at radius 3 is 2.20 bits per heavy atom. The topological polar surface area (TPSA) is 90.4 Å². The molecule has 0 saturated heterocycles. The number of aromatic nitrogens is 2. The summed E-state index contributed by atoms with van der Waals surface area (Å²) in [5.74, 6) is 1.78. The van der Waals surface area contributed by atoms with E-state index in [4.69, 9.17) is 9.47 Å². The SMILES string of the molecule is COc1ccc(CNc2ccc(S(=O)(=O)C(C)(C)C)nn2)cc1OC. The van der Waals surface area contributed by atoms with Crippen molar-refractivity contribution in [1.82, 2.24) is 10.2 Å². The lowest BCUT2D eigenvalue weighted by atomic mass is 10.2. The molecule has 0 fully saturated rings. The van der Waals surface area contributed by atoms with E-state index in [0.29, 0.717) is 23.9 Å². The number of hydrogen-bond donors (Lipinski definition) is 1. The summed E-state index contributed by atoms with van der Waals surface area (Å²) >= 11 is 0. The summed E-state index contributed by atoms with van der Waals surface area (Å²) in [5, 5.41) is 10.9. The lowest BCUT2D eigenvalue weighted by Gasteiger charge is -2.18. The van der Waals surface area contributed by atoms with Gasteiger partial charge in [0.2, 0.25) is 9.84 Å². The molecule has 136 valence electrons. The Kier molecular flexibility index (Phi) is 5.52. The minimum Gasteiger partial charge on any atom is -0.493 e. The molecule has 0 aliphatic heterocycles. The average molecular weight is 365 g/mol. The predicted octanol–water partition coefficient (Wildman–Crippen LogP) is 2.68. The zero-order chi connectivity index (χ0) is 18.7. The van der Waals surface area contributed by atoms with Crippen LogP contribution in [0.1, 0.15) is 26.3 Å². The minimum absolute atomic E-state index is 0.0309. The summed E-state index contributed by atoms with van der Waals surface area (Å²) in [4.78, 5) is 0.